The lowest BCUT2D eigenvalue weighted by atomic mass is 10.1. The molecule has 0 radical (unpaired) electrons. The molecule has 0 aliphatic heterocycles. The van der Waals surface area contributed by atoms with E-state index in [2.05, 4.69) is 27.2 Å². The largest absolute Gasteiger partial charge is 0.494 e. The van der Waals surface area contributed by atoms with Crippen molar-refractivity contribution in [2.45, 2.75) is 25.7 Å². The molecule has 1 atom stereocenters. The van der Waals surface area contributed by atoms with E-state index in [1.165, 1.54) is 36.2 Å². The van der Waals surface area contributed by atoms with Crippen LogP contribution >= 0.6 is 0 Å². The molecule has 174 valence electrons. The maximum atomic E-state index is 12.8. The maximum Gasteiger partial charge on any atom is 0.489 e. The van der Waals surface area contributed by atoms with Crippen LogP contribution < -0.4 is 10.1 Å². The number of benzene rings is 1. The van der Waals surface area contributed by atoms with Crippen molar-refractivity contribution >= 4 is 11.9 Å². The van der Waals surface area contributed by atoms with E-state index >= 15 is 0 Å². The van der Waals surface area contributed by atoms with E-state index in [1.807, 2.05) is 0 Å². The number of carbonyl (C=O) groups is 2. The lowest BCUT2D eigenvalue weighted by molar-refractivity contribution is -0.204. The van der Waals surface area contributed by atoms with Crippen LogP contribution in [0.25, 0.3) is 17.1 Å². The summed E-state index contributed by atoms with van der Waals surface area (Å²) in [7, 11) is 1.35. The first kappa shape index (κ1) is 23.5. The third-order valence-electron chi connectivity index (χ3n) is 4.48. The molecule has 0 fully saturated rings. The third-order valence-corrected chi connectivity index (χ3v) is 4.48. The third kappa shape index (κ3) is 5.37. The highest BCUT2D eigenvalue weighted by atomic mass is 19.4. The van der Waals surface area contributed by atoms with Crippen LogP contribution in [0.4, 0.5) is 13.2 Å². The SMILES string of the molecule is C=C(C)CC(NC(=O)c1ccc(-n2cc(-c3cn(C(F)(F)F)cn3)nn2)c(OC)c1)C(=O)O. The van der Waals surface area contributed by atoms with Crippen LogP contribution in [0, 0.1) is 0 Å². The van der Waals surface area contributed by atoms with Crippen molar-refractivity contribution in [1.82, 2.24) is 29.9 Å². The fourth-order valence-electron chi connectivity index (χ4n) is 2.89. The highest BCUT2D eigenvalue weighted by molar-refractivity contribution is 5.97. The molecule has 0 aliphatic carbocycles. The topological polar surface area (TPSA) is 124 Å². The van der Waals surface area contributed by atoms with Gasteiger partial charge in [0.05, 0.1) is 13.3 Å². The molecule has 1 aromatic carbocycles. The molecule has 3 aromatic rings. The van der Waals surface area contributed by atoms with E-state index in [4.69, 9.17) is 4.74 Å². The molecule has 33 heavy (non-hydrogen) atoms. The molecular formula is C20H19F3N6O4. The van der Waals surface area contributed by atoms with Crippen LogP contribution in [-0.2, 0) is 11.1 Å². The Morgan fingerprint density at radius 3 is 2.58 bits per heavy atom. The second-order valence-electron chi connectivity index (χ2n) is 7.09. The van der Waals surface area contributed by atoms with Gasteiger partial charge in [0.2, 0.25) is 0 Å². The summed E-state index contributed by atoms with van der Waals surface area (Å²) >= 11 is 0. The number of halogens is 3. The van der Waals surface area contributed by atoms with Gasteiger partial charge in [0.1, 0.15) is 35.2 Å². The molecule has 1 unspecified atom stereocenters. The first-order valence-corrected chi connectivity index (χ1v) is 9.40. The molecule has 0 spiro atoms. The Bertz CT molecular complexity index is 1200. The predicted molar refractivity (Wildman–Crippen MR) is 109 cm³/mol. The monoisotopic (exact) mass is 464 g/mol. The van der Waals surface area contributed by atoms with Gasteiger partial charge in [0.15, 0.2) is 0 Å². The molecule has 2 heterocycles. The molecular weight excluding hydrogens is 445 g/mol. The highest BCUT2D eigenvalue weighted by Gasteiger charge is 2.31. The molecule has 0 aliphatic rings. The van der Waals surface area contributed by atoms with Crippen molar-refractivity contribution < 1.29 is 32.6 Å². The van der Waals surface area contributed by atoms with E-state index in [0.29, 0.717) is 17.6 Å². The number of ether oxygens (including phenoxy) is 1. The summed E-state index contributed by atoms with van der Waals surface area (Å²) in [5.41, 5.74) is 1.13. The van der Waals surface area contributed by atoms with Crippen molar-refractivity contribution in [1.29, 1.82) is 0 Å². The molecule has 13 heteroatoms. The summed E-state index contributed by atoms with van der Waals surface area (Å²) in [4.78, 5) is 27.6. The number of aliphatic carboxylic acids is 1. The Balaban J connectivity index is 1.84. The number of carboxylic acid groups (broad SMARTS) is 1. The minimum Gasteiger partial charge on any atom is -0.494 e. The van der Waals surface area contributed by atoms with Gasteiger partial charge in [-0.2, -0.15) is 0 Å². The summed E-state index contributed by atoms with van der Waals surface area (Å²) in [5.74, 6) is -1.63. The molecule has 0 saturated carbocycles. The van der Waals surface area contributed by atoms with Gasteiger partial charge in [-0.1, -0.05) is 10.8 Å². The van der Waals surface area contributed by atoms with Gasteiger partial charge < -0.3 is 15.2 Å². The summed E-state index contributed by atoms with van der Waals surface area (Å²) < 4.78 is 44.9. The Hall–Kier alpha value is -4.16. The Morgan fingerprint density at radius 2 is 2.00 bits per heavy atom. The van der Waals surface area contributed by atoms with E-state index in [0.717, 1.165) is 6.20 Å². The van der Waals surface area contributed by atoms with Crippen molar-refractivity contribution in [2.75, 3.05) is 7.11 Å². The summed E-state index contributed by atoms with van der Waals surface area (Å²) in [6.45, 7) is 5.31. The van der Waals surface area contributed by atoms with Crippen molar-refractivity contribution in [3.8, 4) is 22.8 Å². The smallest absolute Gasteiger partial charge is 0.489 e. The number of methoxy groups -OCH3 is 1. The highest BCUT2D eigenvalue weighted by Crippen LogP contribution is 2.27. The molecule has 2 aromatic heterocycles. The number of alkyl halides is 3. The number of hydrogen-bond donors (Lipinski definition) is 2. The van der Waals surface area contributed by atoms with Gasteiger partial charge in [0.25, 0.3) is 5.91 Å². The number of rotatable bonds is 8. The van der Waals surface area contributed by atoms with Crippen LogP contribution in [-0.4, -0.2) is 54.7 Å². The van der Waals surface area contributed by atoms with E-state index in [9.17, 15) is 27.9 Å². The number of imidazole rings is 1. The van der Waals surface area contributed by atoms with E-state index < -0.39 is 24.2 Å². The Kier molecular flexibility index (Phi) is 6.51. The van der Waals surface area contributed by atoms with Gasteiger partial charge in [0, 0.05) is 11.8 Å². The van der Waals surface area contributed by atoms with Crippen LogP contribution in [0.5, 0.6) is 5.75 Å². The van der Waals surface area contributed by atoms with E-state index in [1.54, 1.807) is 6.92 Å². The Morgan fingerprint density at radius 1 is 1.27 bits per heavy atom. The van der Waals surface area contributed by atoms with Crippen molar-refractivity contribution in [3.63, 3.8) is 0 Å². The molecule has 3 rings (SSSR count). The zero-order chi connectivity index (χ0) is 24.3. The van der Waals surface area contributed by atoms with Gasteiger partial charge in [-0.05, 0) is 31.5 Å². The van der Waals surface area contributed by atoms with Crippen molar-refractivity contribution in [3.05, 3.63) is 54.6 Å². The fraction of sp³-hybridized carbons (Fsp3) is 0.250. The molecule has 10 nitrogen and oxygen atoms in total. The number of amides is 1. The first-order valence-electron chi connectivity index (χ1n) is 9.40. The van der Waals surface area contributed by atoms with Crippen LogP contribution in [0.2, 0.25) is 0 Å². The molecule has 2 N–H and O–H groups in total. The fourth-order valence-corrected chi connectivity index (χ4v) is 2.89. The van der Waals surface area contributed by atoms with Crippen LogP contribution in [0.1, 0.15) is 23.7 Å². The second-order valence-corrected chi connectivity index (χ2v) is 7.09. The van der Waals surface area contributed by atoms with E-state index in [-0.39, 0.29) is 33.7 Å². The van der Waals surface area contributed by atoms with Crippen LogP contribution in [0.15, 0.2) is 49.1 Å². The maximum absolute atomic E-state index is 12.8. The Labute approximate surface area is 185 Å². The van der Waals surface area contributed by atoms with Gasteiger partial charge >= 0.3 is 12.3 Å². The van der Waals surface area contributed by atoms with Gasteiger partial charge in [-0.25, -0.2) is 19.0 Å². The second kappa shape index (κ2) is 9.14. The minimum atomic E-state index is -4.61. The minimum absolute atomic E-state index is 0.00636. The zero-order valence-corrected chi connectivity index (χ0v) is 17.5. The lowest BCUT2D eigenvalue weighted by Gasteiger charge is -2.15. The normalized spacial score (nSPS) is 12.3. The number of aromatic nitrogens is 5. The summed E-state index contributed by atoms with van der Waals surface area (Å²) in [5, 5.41) is 19.4. The number of nitrogens with one attached hydrogen (secondary N) is 1. The van der Waals surface area contributed by atoms with Gasteiger partial charge in [-0.3, -0.25) is 4.79 Å². The summed E-state index contributed by atoms with van der Waals surface area (Å²) in [6, 6.07) is 3.14. The number of hydrogen-bond acceptors (Lipinski definition) is 6. The molecule has 0 saturated heterocycles. The average molecular weight is 464 g/mol. The standard InChI is InChI=1S/C20H19F3N6O4/c1-11(2)6-13(19(31)32)25-18(30)12-4-5-16(17(7-12)33-3)29-9-15(26-27-29)14-8-28(10-24-14)20(21,22)23/h4-5,7-10,13H,1,6H2,2-3H3,(H,25,30)(H,31,32). The van der Waals surface area contributed by atoms with Gasteiger partial charge in [-0.15, -0.1) is 24.8 Å². The zero-order valence-electron chi connectivity index (χ0n) is 17.5. The average Bonchev–Trinajstić information content (AvgIpc) is 3.41. The lowest BCUT2D eigenvalue weighted by Crippen LogP contribution is -2.40. The molecule has 0 bridgehead atoms. The number of nitrogens with zero attached hydrogens (tertiary/aromatic N) is 5. The van der Waals surface area contributed by atoms with Crippen LogP contribution in [0.3, 0.4) is 0 Å². The molecule has 1 amide bonds. The first-order chi connectivity index (χ1) is 15.5. The quantitative estimate of drug-likeness (QED) is 0.491. The summed E-state index contributed by atoms with van der Waals surface area (Å²) in [6.07, 6.45) is -1.77. The number of carboxylic acids is 1. The predicted octanol–water partition coefficient (Wildman–Crippen LogP) is 2.76. The number of carbonyl (C=O) groups excluding carboxylic acids is 1. The van der Waals surface area contributed by atoms with Crippen molar-refractivity contribution in [2.24, 2.45) is 0 Å².